The topological polar surface area (TPSA) is 72.5 Å². The summed E-state index contributed by atoms with van der Waals surface area (Å²) < 4.78 is 5.14. The van der Waals surface area contributed by atoms with Crippen molar-refractivity contribution in [2.24, 2.45) is 0 Å². The first-order valence-electron chi connectivity index (χ1n) is 8.02. The number of esters is 1. The number of carbonyl (C=O) groups excluding carboxylic acids is 3. The third kappa shape index (κ3) is 5.01. The zero-order valence-electron chi connectivity index (χ0n) is 14.5. The largest absolute Gasteiger partial charge is 0.453 e. The summed E-state index contributed by atoms with van der Waals surface area (Å²) in [5, 5.41) is 2.48. The number of Topliss-reactive ketones (excluding diaryl/α,β-unsaturated/α-hetero) is 1. The van der Waals surface area contributed by atoms with E-state index in [1.165, 1.54) is 6.92 Å². The second-order valence-corrected chi connectivity index (χ2v) is 5.86. The number of hydrogen-bond acceptors (Lipinski definition) is 4. The number of carbonyl (C=O) groups is 3. The van der Waals surface area contributed by atoms with E-state index in [0.717, 1.165) is 11.1 Å². The zero-order chi connectivity index (χ0) is 18.4. The lowest BCUT2D eigenvalue weighted by molar-refractivity contribution is -0.145. The minimum atomic E-state index is -0.915. The van der Waals surface area contributed by atoms with E-state index in [1.807, 2.05) is 26.0 Å². The smallest absolute Gasteiger partial charge is 0.326 e. The van der Waals surface area contributed by atoms with Gasteiger partial charge in [-0.3, -0.25) is 14.4 Å². The lowest BCUT2D eigenvalue weighted by Gasteiger charge is -2.14. The molecule has 0 fully saturated rings. The fraction of sp³-hybridized carbons (Fsp3) is 0.250. The van der Waals surface area contributed by atoms with E-state index < -0.39 is 12.1 Å². The molecule has 0 aliphatic carbocycles. The molecule has 0 radical (unpaired) electrons. The number of hydrogen-bond donors (Lipinski definition) is 1. The van der Waals surface area contributed by atoms with Crippen LogP contribution in [0.2, 0.25) is 0 Å². The molecule has 0 aliphatic heterocycles. The maximum atomic E-state index is 12.4. The van der Waals surface area contributed by atoms with Crippen LogP contribution in [-0.4, -0.2) is 30.3 Å². The third-order valence-corrected chi connectivity index (χ3v) is 3.77. The number of nitrogens with one attached hydrogen (secondary N) is 1. The minimum absolute atomic E-state index is 0.260. The van der Waals surface area contributed by atoms with Gasteiger partial charge in [0, 0.05) is 11.1 Å². The predicted molar refractivity (Wildman–Crippen MR) is 94.6 cm³/mol. The molecule has 5 nitrogen and oxygen atoms in total. The van der Waals surface area contributed by atoms with Crippen LogP contribution in [0, 0.1) is 13.8 Å². The van der Waals surface area contributed by atoms with Crippen LogP contribution in [0.25, 0.3) is 0 Å². The summed E-state index contributed by atoms with van der Waals surface area (Å²) in [5.41, 5.74) is 2.78. The van der Waals surface area contributed by atoms with E-state index in [4.69, 9.17) is 4.74 Å². The Labute approximate surface area is 147 Å². The number of aryl methyl sites for hydroxylation is 2. The molecule has 1 N–H and O–H groups in total. The van der Waals surface area contributed by atoms with Crippen LogP contribution in [0.3, 0.4) is 0 Å². The molecular weight excluding hydrogens is 318 g/mol. The van der Waals surface area contributed by atoms with Crippen molar-refractivity contribution in [2.45, 2.75) is 26.9 Å². The molecule has 0 aromatic heterocycles. The molecule has 0 heterocycles. The highest BCUT2D eigenvalue weighted by molar-refractivity contribution is 6.01. The monoisotopic (exact) mass is 339 g/mol. The average molecular weight is 339 g/mol. The first-order chi connectivity index (χ1) is 11.9. The molecule has 5 heteroatoms. The molecule has 0 spiro atoms. The van der Waals surface area contributed by atoms with E-state index >= 15 is 0 Å². The molecule has 2 aromatic carbocycles. The Morgan fingerprint density at radius 2 is 1.72 bits per heavy atom. The molecule has 0 saturated heterocycles. The maximum Gasteiger partial charge on any atom is 0.326 e. The van der Waals surface area contributed by atoms with Gasteiger partial charge >= 0.3 is 5.97 Å². The van der Waals surface area contributed by atoms with Crippen LogP contribution in [-0.2, 0) is 9.53 Å². The predicted octanol–water partition coefficient (Wildman–Crippen LogP) is 2.85. The normalized spacial score (nSPS) is 11.5. The lowest BCUT2D eigenvalue weighted by atomic mass is 9.99. The van der Waals surface area contributed by atoms with Crippen molar-refractivity contribution in [1.82, 2.24) is 5.32 Å². The van der Waals surface area contributed by atoms with Gasteiger partial charge in [-0.25, -0.2) is 0 Å². The van der Waals surface area contributed by atoms with Crippen LogP contribution >= 0.6 is 0 Å². The molecule has 1 amide bonds. The first-order valence-corrected chi connectivity index (χ1v) is 8.02. The van der Waals surface area contributed by atoms with Crippen LogP contribution in [0.1, 0.15) is 38.8 Å². The second kappa shape index (κ2) is 8.24. The fourth-order valence-corrected chi connectivity index (χ4v) is 2.36. The minimum Gasteiger partial charge on any atom is -0.453 e. The van der Waals surface area contributed by atoms with E-state index in [2.05, 4.69) is 5.32 Å². The Kier molecular flexibility index (Phi) is 6.06. The summed E-state index contributed by atoms with van der Waals surface area (Å²) in [6.07, 6.45) is -0.915. The lowest BCUT2D eigenvalue weighted by Crippen LogP contribution is -2.34. The first kappa shape index (κ1) is 18.4. The van der Waals surface area contributed by atoms with E-state index in [-0.39, 0.29) is 18.2 Å². The van der Waals surface area contributed by atoms with Gasteiger partial charge in [0.15, 0.2) is 6.10 Å². The summed E-state index contributed by atoms with van der Waals surface area (Å²) in [6, 6.07) is 14.1. The Morgan fingerprint density at radius 3 is 2.40 bits per heavy atom. The molecule has 0 aliphatic rings. The van der Waals surface area contributed by atoms with Crippen LogP contribution in [0.15, 0.2) is 48.5 Å². The van der Waals surface area contributed by atoms with Gasteiger partial charge in [-0.15, -0.1) is 0 Å². The van der Waals surface area contributed by atoms with Crippen LogP contribution < -0.4 is 5.32 Å². The van der Waals surface area contributed by atoms with Crippen LogP contribution in [0.5, 0.6) is 0 Å². The number of ether oxygens (including phenoxy) is 1. The quantitative estimate of drug-likeness (QED) is 0.649. The van der Waals surface area contributed by atoms with Crippen molar-refractivity contribution in [3.05, 3.63) is 70.8 Å². The highest BCUT2D eigenvalue weighted by Crippen LogP contribution is 2.14. The molecule has 2 aromatic rings. The zero-order valence-corrected chi connectivity index (χ0v) is 14.5. The van der Waals surface area contributed by atoms with Crippen molar-refractivity contribution >= 4 is 17.7 Å². The van der Waals surface area contributed by atoms with E-state index in [9.17, 15) is 14.4 Å². The molecular formula is C20H21NO4. The average Bonchev–Trinajstić information content (AvgIpc) is 2.61. The Balaban J connectivity index is 1.90. The number of benzene rings is 2. The molecule has 130 valence electrons. The number of amides is 1. The van der Waals surface area contributed by atoms with Gasteiger partial charge in [-0.1, -0.05) is 35.9 Å². The third-order valence-electron chi connectivity index (χ3n) is 3.77. The van der Waals surface area contributed by atoms with E-state index in [1.54, 1.807) is 36.4 Å². The summed E-state index contributed by atoms with van der Waals surface area (Å²) in [4.78, 5) is 36.2. The summed E-state index contributed by atoms with van der Waals surface area (Å²) in [6.45, 7) is 4.96. The van der Waals surface area contributed by atoms with E-state index in [0.29, 0.717) is 11.1 Å². The SMILES string of the molecule is Cc1ccc(C)c(C(=O)[C@@H](C)OC(=O)CNC(=O)c2ccccc2)c1. The van der Waals surface area contributed by atoms with Gasteiger partial charge in [0.25, 0.3) is 5.91 Å². The molecule has 0 saturated carbocycles. The number of ketones is 1. The highest BCUT2D eigenvalue weighted by Gasteiger charge is 2.21. The Bertz CT molecular complexity index is 784. The molecule has 2 rings (SSSR count). The van der Waals surface area contributed by atoms with Gasteiger partial charge in [-0.2, -0.15) is 0 Å². The molecule has 0 unspecified atom stereocenters. The number of rotatable bonds is 6. The fourth-order valence-electron chi connectivity index (χ4n) is 2.36. The van der Waals surface area contributed by atoms with Crippen molar-refractivity contribution in [3.8, 4) is 0 Å². The summed E-state index contributed by atoms with van der Waals surface area (Å²) in [7, 11) is 0. The highest BCUT2D eigenvalue weighted by atomic mass is 16.5. The Hall–Kier alpha value is -2.95. The molecule has 25 heavy (non-hydrogen) atoms. The van der Waals surface area contributed by atoms with Gasteiger partial charge in [0.2, 0.25) is 5.78 Å². The maximum absolute atomic E-state index is 12.4. The van der Waals surface area contributed by atoms with Gasteiger partial charge < -0.3 is 10.1 Å². The standard InChI is InChI=1S/C20H21NO4/c1-13-9-10-14(2)17(11-13)19(23)15(3)25-18(22)12-21-20(24)16-7-5-4-6-8-16/h4-11,15H,12H2,1-3H3,(H,21,24)/t15-/m1/s1. The van der Waals surface area contributed by atoms with Crippen molar-refractivity contribution in [3.63, 3.8) is 0 Å². The van der Waals surface area contributed by atoms with Crippen LogP contribution in [0.4, 0.5) is 0 Å². The second-order valence-electron chi connectivity index (χ2n) is 5.86. The molecule has 0 bridgehead atoms. The van der Waals surface area contributed by atoms with Crippen molar-refractivity contribution in [2.75, 3.05) is 6.54 Å². The summed E-state index contributed by atoms with van der Waals surface area (Å²) >= 11 is 0. The van der Waals surface area contributed by atoms with Crippen molar-refractivity contribution in [1.29, 1.82) is 0 Å². The van der Waals surface area contributed by atoms with Gasteiger partial charge in [0.05, 0.1) is 0 Å². The van der Waals surface area contributed by atoms with Crippen molar-refractivity contribution < 1.29 is 19.1 Å². The van der Waals surface area contributed by atoms with Gasteiger partial charge in [-0.05, 0) is 44.5 Å². The Morgan fingerprint density at radius 1 is 1.04 bits per heavy atom. The van der Waals surface area contributed by atoms with Gasteiger partial charge in [0.1, 0.15) is 6.54 Å². The summed E-state index contributed by atoms with van der Waals surface area (Å²) in [5.74, 6) is -1.29. The molecule has 1 atom stereocenters.